The van der Waals surface area contributed by atoms with Crippen LogP contribution in [0.4, 0.5) is 4.39 Å². The summed E-state index contributed by atoms with van der Waals surface area (Å²) in [6, 6.07) is 6.79. The monoisotopic (exact) mass is 331 g/mol. The first kappa shape index (κ1) is 18.0. The van der Waals surface area contributed by atoms with Crippen molar-refractivity contribution in [1.82, 2.24) is 15.1 Å². The summed E-state index contributed by atoms with van der Waals surface area (Å²) in [5, 5.41) is 7.80. The molecule has 2 aromatic rings. The third-order valence-corrected chi connectivity index (χ3v) is 3.60. The number of benzene rings is 1. The maximum Gasteiger partial charge on any atom is 0.148 e. The standard InChI is InChI=1S/C15H18FN3.2ClH/c1-15(2)7-14-11(8-17-10-15)9-18-19(14)13-6-4-3-5-12(13)16;;/h3-6,9,17H,7-8,10H2,1-2H3;2*1H. The Bertz CT molecular complexity index is 611. The largest absolute Gasteiger partial charge is 0.312 e. The highest BCUT2D eigenvalue weighted by molar-refractivity contribution is 5.85. The molecule has 1 aliphatic rings. The summed E-state index contributed by atoms with van der Waals surface area (Å²) in [5.74, 6) is -0.233. The smallest absolute Gasteiger partial charge is 0.148 e. The Kier molecular flexibility index (Phi) is 5.79. The molecule has 21 heavy (non-hydrogen) atoms. The summed E-state index contributed by atoms with van der Waals surface area (Å²) in [5.41, 5.74) is 2.95. The highest BCUT2D eigenvalue weighted by atomic mass is 35.5. The van der Waals surface area contributed by atoms with Gasteiger partial charge in [-0.15, -0.1) is 24.8 Å². The SMILES string of the molecule is CC1(C)CNCc2cnn(-c3ccccc3F)c2C1.Cl.Cl. The maximum atomic E-state index is 13.9. The zero-order chi connectivity index (χ0) is 13.5. The van der Waals surface area contributed by atoms with Crippen molar-refractivity contribution in [2.24, 2.45) is 5.41 Å². The molecule has 1 aliphatic heterocycles. The molecule has 0 unspecified atom stereocenters. The van der Waals surface area contributed by atoms with E-state index in [1.165, 1.54) is 6.07 Å². The van der Waals surface area contributed by atoms with Crippen molar-refractivity contribution < 1.29 is 4.39 Å². The van der Waals surface area contributed by atoms with Crippen molar-refractivity contribution >= 4 is 24.8 Å². The normalized spacial score (nSPS) is 16.1. The van der Waals surface area contributed by atoms with Crippen LogP contribution in [0.25, 0.3) is 5.69 Å². The second-order valence-electron chi connectivity index (χ2n) is 5.92. The predicted molar refractivity (Wildman–Crippen MR) is 87.2 cm³/mol. The van der Waals surface area contributed by atoms with Crippen LogP contribution >= 0.6 is 24.8 Å². The van der Waals surface area contributed by atoms with Crippen LogP contribution in [0.15, 0.2) is 30.5 Å². The van der Waals surface area contributed by atoms with Gasteiger partial charge in [-0.1, -0.05) is 26.0 Å². The highest BCUT2D eigenvalue weighted by Crippen LogP contribution is 2.28. The fraction of sp³-hybridized carbons (Fsp3) is 0.400. The first-order valence-electron chi connectivity index (χ1n) is 6.58. The van der Waals surface area contributed by atoms with Gasteiger partial charge in [-0.3, -0.25) is 0 Å². The highest BCUT2D eigenvalue weighted by Gasteiger charge is 2.26. The lowest BCUT2D eigenvalue weighted by Gasteiger charge is -2.22. The van der Waals surface area contributed by atoms with Gasteiger partial charge in [0.1, 0.15) is 11.5 Å². The van der Waals surface area contributed by atoms with E-state index in [0.29, 0.717) is 5.69 Å². The molecule has 3 nitrogen and oxygen atoms in total. The van der Waals surface area contributed by atoms with Gasteiger partial charge < -0.3 is 5.32 Å². The molecule has 0 aliphatic carbocycles. The number of rotatable bonds is 1. The Hall–Kier alpha value is -1.10. The zero-order valence-electron chi connectivity index (χ0n) is 12.1. The van der Waals surface area contributed by atoms with Crippen LogP contribution in [0.3, 0.4) is 0 Å². The molecule has 116 valence electrons. The Morgan fingerprint density at radius 1 is 1.24 bits per heavy atom. The molecule has 0 bridgehead atoms. The number of nitrogens with zero attached hydrogens (tertiary/aromatic N) is 2. The quantitative estimate of drug-likeness (QED) is 0.866. The van der Waals surface area contributed by atoms with Crippen LogP contribution in [0.2, 0.25) is 0 Å². The Morgan fingerprint density at radius 3 is 2.67 bits per heavy atom. The number of para-hydroxylation sites is 1. The van der Waals surface area contributed by atoms with Crippen LogP contribution in [-0.4, -0.2) is 16.3 Å². The molecule has 0 radical (unpaired) electrons. The molecule has 3 rings (SSSR count). The summed E-state index contributed by atoms with van der Waals surface area (Å²) < 4.78 is 15.7. The lowest BCUT2D eigenvalue weighted by molar-refractivity contribution is 0.343. The van der Waals surface area contributed by atoms with Crippen molar-refractivity contribution in [3.8, 4) is 5.69 Å². The molecule has 0 saturated carbocycles. The van der Waals surface area contributed by atoms with Gasteiger partial charge in [0.05, 0.1) is 6.20 Å². The molecule has 0 atom stereocenters. The number of nitrogens with one attached hydrogen (secondary N) is 1. The van der Waals surface area contributed by atoms with Gasteiger partial charge in [-0.2, -0.15) is 5.10 Å². The maximum absolute atomic E-state index is 13.9. The van der Waals surface area contributed by atoms with E-state index in [2.05, 4.69) is 24.3 Å². The molecule has 1 N–H and O–H groups in total. The van der Waals surface area contributed by atoms with E-state index in [-0.39, 0.29) is 36.0 Å². The van der Waals surface area contributed by atoms with E-state index in [0.717, 1.165) is 30.8 Å². The third-order valence-electron chi connectivity index (χ3n) is 3.60. The average Bonchev–Trinajstić information content (AvgIpc) is 2.65. The summed E-state index contributed by atoms with van der Waals surface area (Å²) in [6.45, 7) is 6.19. The Labute approximate surface area is 136 Å². The molecule has 0 amide bonds. The Morgan fingerprint density at radius 2 is 1.95 bits per heavy atom. The second-order valence-corrected chi connectivity index (χ2v) is 5.92. The molecule has 1 aromatic carbocycles. The molecule has 0 fully saturated rings. The predicted octanol–water partition coefficient (Wildman–Crippen LogP) is 3.53. The minimum absolute atomic E-state index is 0. The van der Waals surface area contributed by atoms with E-state index < -0.39 is 0 Å². The van der Waals surface area contributed by atoms with E-state index in [9.17, 15) is 4.39 Å². The van der Waals surface area contributed by atoms with Gasteiger partial charge in [0.2, 0.25) is 0 Å². The van der Waals surface area contributed by atoms with Gasteiger partial charge in [0.15, 0.2) is 0 Å². The minimum atomic E-state index is -0.233. The number of hydrogen-bond donors (Lipinski definition) is 1. The molecule has 6 heteroatoms. The molecule has 2 heterocycles. The lowest BCUT2D eigenvalue weighted by atomic mass is 9.88. The third kappa shape index (κ3) is 3.57. The van der Waals surface area contributed by atoms with Crippen molar-refractivity contribution in [3.05, 3.63) is 47.5 Å². The van der Waals surface area contributed by atoms with E-state index in [1.54, 1.807) is 16.8 Å². The number of fused-ring (bicyclic) bond motifs is 1. The topological polar surface area (TPSA) is 29.9 Å². The van der Waals surface area contributed by atoms with E-state index in [4.69, 9.17) is 0 Å². The van der Waals surface area contributed by atoms with Gasteiger partial charge in [-0.05, 0) is 24.0 Å². The fourth-order valence-corrected chi connectivity index (χ4v) is 2.63. The van der Waals surface area contributed by atoms with Crippen molar-refractivity contribution in [3.63, 3.8) is 0 Å². The first-order valence-corrected chi connectivity index (χ1v) is 6.58. The van der Waals surface area contributed by atoms with Crippen molar-refractivity contribution in [2.45, 2.75) is 26.8 Å². The van der Waals surface area contributed by atoms with Crippen molar-refractivity contribution in [2.75, 3.05) is 6.54 Å². The van der Waals surface area contributed by atoms with E-state index >= 15 is 0 Å². The second kappa shape index (κ2) is 6.77. The minimum Gasteiger partial charge on any atom is -0.312 e. The summed E-state index contributed by atoms with van der Waals surface area (Å²) in [6.07, 6.45) is 2.74. The van der Waals surface area contributed by atoms with Crippen LogP contribution in [0.5, 0.6) is 0 Å². The van der Waals surface area contributed by atoms with Gasteiger partial charge in [0.25, 0.3) is 0 Å². The Balaban J connectivity index is 0.00000110. The molecular weight excluding hydrogens is 312 g/mol. The molecular formula is C15H20Cl2FN3. The first-order chi connectivity index (χ1) is 9.07. The van der Waals surface area contributed by atoms with Crippen LogP contribution in [0, 0.1) is 11.2 Å². The number of hydrogen-bond acceptors (Lipinski definition) is 2. The van der Waals surface area contributed by atoms with Gasteiger partial charge in [0, 0.05) is 24.3 Å². The van der Waals surface area contributed by atoms with Crippen LogP contribution < -0.4 is 5.32 Å². The number of halogens is 3. The van der Waals surface area contributed by atoms with Gasteiger partial charge >= 0.3 is 0 Å². The number of aromatic nitrogens is 2. The molecule has 0 spiro atoms. The fourth-order valence-electron chi connectivity index (χ4n) is 2.63. The van der Waals surface area contributed by atoms with Crippen molar-refractivity contribution in [1.29, 1.82) is 0 Å². The van der Waals surface area contributed by atoms with E-state index in [1.807, 2.05) is 12.3 Å². The van der Waals surface area contributed by atoms with Gasteiger partial charge in [-0.25, -0.2) is 9.07 Å². The summed E-state index contributed by atoms with van der Waals surface area (Å²) in [4.78, 5) is 0. The molecule has 0 saturated heterocycles. The van der Waals surface area contributed by atoms with Crippen LogP contribution in [-0.2, 0) is 13.0 Å². The average molecular weight is 332 g/mol. The van der Waals surface area contributed by atoms with Crippen LogP contribution in [0.1, 0.15) is 25.1 Å². The lowest BCUT2D eigenvalue weighted by Crippen LogP contribution is -2.28. The zero-order valence-corrected chi connectivity index (χ0v) is 13.7. The summed E-state index contributed by atoms with van der Waals surface area (Å²) >= 11 is 0. The summed E-state index contributed by atoms with van der Waals surface area (Å²) in [7, 11) is 0. The molecule has 1 aromatic heterocycles.